The maximum atomic E-state index is 12.9. The number of aryl methyl sites for hydroxylation is 1. The van der Waals surface area contributed by atoms with Gasteiger partial charge in [-0.25, -0.2) is 0 Å². The molecule has 8 heteroatoms. The third-order valence-corrected chi connectivity index (χ3v) is 6.82. The van der Waals surface area contributed by atoms with Gasteiger partial charge in [0.2, 0.25) is 5.91 Å². The summed E-state index contributed by atoms with van der Waals surface area (Å²) in [4.78, 5) is 40.4. The Labute approximate surface area is 185 Å². The zero-order valence-electron chi connectivity index (χ0n) is 17.4. The van der Waals surface area contributed by atoms with E-state index < -0.39 is 6.04 Å². The van der Waals surface area contributed by atoms with Gasteiger partial charge < -0.3 is 15.5 Å². The molecule has 2 aromatic rings. The lowest BCUT2D eigenvalue weighted by molar-refractivity contribution is -0.118. The predicted molar refractivity (Wildman–Crippen MR) is 123 cm³/mol. The molecule has 1 aliphatic rings. The summed E-state index contributed by atoms with van der Waals surface area (Å²) in [6, 6.07) is 8.20. The van der Waals surface area contributed by atoms with Crippen LogP contribution in [0.25, 0.3) is 0 Å². The molecule has 0 aliphatic carbocycles. The van der Waals surface area contributed by atoms with Crippen LogP contribution in [0, 0.1) is 12.8 Å². The molecule has 0 saturated carbocycles. The number of anilines is 1. The number of nitrogens with zero attached hydrogens (tertiary/aromatic N) is 1. The van der Waals surface area contributed by atoms with E-state index in [1.807, 2.05) is 48.9 Å². The third kappa shape index (κ3) is 5.43. The first kappa shape index (κ1) is 22.4. The molecule has 2 N–H and O–H groups in total. The van der Waals surface area contributed by atoms with Crippen LogP contribution in [0.1, 0.15) is 39.4 Å². The lowest BCUT2D eigenvalue weighted by Crippen LogP contribution is -2.47. The van der Waals surface area contributed by atoms with Crippen LogP contribution in [0.5, 0.6) is 0 Å². The van der Waals surface area contributed by atoms with Crippen LogP contribution in [0.3, 0.4) is 0 Å². The van der Waals surface area contributed by atoms with Crippen LogP contribution in [-0.4, -0.2) is 53.3 Å². The number of carbonyl (C=O) groups excluding carboxylic acids is 3. The SMILES string of the molecule is Cc1cc(C(=O)N2CCSCC2)ccc1NC(=O)C(NC(=O)c1cccs1)C(C)C. The Balaban J connectivity index is 1.68. The molecule has 1 aromatic heterocycles. The second-order valence-corrected chi connectivity index (χ2v) is 9.77. The number of rotatable bonds is 6. The van der Waals surface area contributed by atoms with Gasteiger partial charge in [0, 0.05) is 35.8 Å². The molecule has 1 saturated heterocycles. The Morgan fingerprint density at radius 1 is 1.10 bits per heavy atom. The number of thiophene rings is 1. The highest BCUT2D eigenvalue weighted by Gasteiger charge is 2.26. The van der Waals surface area contributed by atoms with Crippen LogP contribution in [0.2, 0.25) is 0 Å². The Bertz CT molecular complexity index is 906. The van der Waals surface area contributed by atoms with E-state index in [1.54, 1.807) is 24.3 Å². The van der Waals surface area contributed by atoms with E-state index in [0.29, 0.717) is 16.1 Å². The summed E-state index contributed by atoms with van der Waals surface area (Å²) in [5.41, 5.74) is 2.08. The minimum atomic E-state index is -0.661. The lowest BCUT2D eigenvalue weighted by Gasteiger charge is -2.26. The van der Waals surface area contributed by atoms with Crippen molar-refractivity contribution in [3.63, 3.8) is 0 Å². The van der Waals surface area contributed by atoms with Crippen molar-refractivity contribution in [3.05, 3.63) is 51.7 Å². The molecule has 30 heavy (non-hydrogen) atoms. The minimum absolute atomic E-state index is 0.0274. The summed E-state index contributed by atoms with van der Waals surface area (Å²) in [5.74, 6) is 1.35. The zero-order valence-corrected chi connectivity index (χ0v) is 19.1. The van der Waals surface area contributed by atoms with Gasteiger partial charge in [-0.15, -0.1) is 11.3 Å². The van der Waals surface area contributed by atoms with Gasteiger partial charge in [-0.3, -0.25) is 14.4 Å². The van der Waals surface area contributed by atoms with Gasteiger partial charge in [0.1, 0.15) is 6.04 Å². The Kier molecular flexibility index (Phi) is 7.55. The molecule has 1 aliphatic heterocycles. The maximum Gasteiger partial charge on any atom is 0.262 e. The second kappa shape index (κ2) is 10.1. The second-order valence-electron chi connectivity index (χ2n) is 7.60. The van der Waals surface area contributed by atoms with E-state index in [9.17, 15) is 14.4 Å². The first-order chi connectivity index (χ1) is 14.4. The normalized spacial score (nSPS) is 15.0. The highest BCUT2D eigenvalue weighted by Crippen LogP contribution is 2.20. The van der Waals surface area contributed by atoms with Crippen LogP contribution in [-0.2, 0) is 4.79 Å². The number of carbonyl (C=O) groups is 3. The van der Waals surface area contributed by atoms with Gasteiger partial charge in [-0.2, -0.15) is 11.8 Å². The predicted octanol–water partition coefficient (Wildman–Crippen LogP) is 3.64. The lowest BCUT2D eigenvalue weighted by atomic mass is 10.0. The Hall–Kier alpha value is -2.32. The molecule has 3 rings (SSSR count). The Morgan fingerprint density at radius 2 is 1.83 bits per heavy atom. The van der Waals surface area contributed by atoms with Crippen molar-refractivity contribution in [1.29, 1.82) is 0 Å². The van der Waals surface area contributed by atoms with Gasteiger partial charge >= 0.3 is 0 Å². The van der Waals surface area contributed by atoms with Crippen LogP contribution < -0.4 is 10.6 Å². The molecular formula is C22H27N3O3S2. The van der Waals surface area contributed by atoms with Crippen molar-refractivity contribution in [3.8, 4) is 0 Å². The van der Waals surface area contributed by atoms with E-state index in [0.717, 1.165) is 30.2 Å². The number of hydrogen-bond donors (Lipinski definition) is 2. The summed E-state index contributed by atoms with van der Waals surface area (Å²) in [6.07, 6.45) is 0. The molecule has 6 nitrogen and oxygen atoms in total. The maximum absolute atomic E-state index is 12.9. The van der Waals surface area contributed by atoms with Gasteiger partial charge in [0.05, 0.1) is 4.88 Å². The average Bonchev–Trinajstić information content (AvgIpc) is 3.28. The molecule has 0 bridgehead atoms. The van der Waals surface area contributed by atoms with E-state index in [1.165, 1.54) is 11.3 Å². The molecule has 1 atom stereocenters. The Morgan fingerprint density at radius 3 is 2.43 bits per heavy atom. The van der Waals surface area contributed by atoms with E-state index >= 15 is 0 Å². The highest BCUT2D eigenvalue weighted by molar-refractivity contribution is 7.99. The van der Waals surface area contributed by atoms with Crippen LogP contribution in [0.15, 0.2) is 35.7 Å². The minimum Gasteiger partial charge on any atom is -0.339 e. The molecule has 1 unspecified atom stereocenters. The first-order valence-corrected chi connectivity index (χ1v) is 12.0. The molecule has 2 heterocycles. The first-order valence-electron chi connectivity index (χ1n) is 9.99. The quantitative estimate of drug-likeness (QED) is 0.712. The van der Waals surface area contributed by atoms with Gasteiger partial charge in [0.25, 0.3) is 11.8 Å². The third-order valence-electron chi connectivity index (χ3n) is 5.01. The van der Waals surface area contributed by atoms with E-state index in [2.05, 4.69) is 10.6 Å². The van der Waals surface area contributed by atoms with Crippen molar-refractivity contribution in [2.24, 2.45) is 5.92 Å². The van der Waals surface area contributed by atoms with Crippen LogP contribution >= 0.6 is 23.1 Å². The van der Waals surface area contributed by atoms with Crippen molar-refractivity contribution in [2.45, 2.75) is 26.8 Å². The number of amides is 3. The largest absolute Gasteiger partial charge is 0.339 e. The topological polar surface area (TPSA) is 78.5 Å². The molecular weight excluding hydrogens is 418 g/mol. The average molecular weight is 446 g/mol. The molecule has 0 spiro atoms. The summed E-state index contributed by atoms with van der Waals surface area (Å²) in [7, 11) is 0. The molecule has 3 amide bonds. The summed E-state index contributed by atoms with van der Waals surface area (Å²) in [5, 5.41) is 7.56. The van der Waals surface area contributed by atoms with Crippen molar-refractivity contribution >= 4 is 46.5 Å². The van der Waals surface area contributed by atoms with Gasteiger partial charge in [-0.1, -0.05) is 19.9 Å². The van der Waals surface area contributed by atoms with Crippen LogP contribution in [0.4, 0.5) is 5.69 Å². The summed E-state index contributed by atoms with van der Waals surface area (Å²) < 4.78 is 0. The van der Waals surface area contributed by atoms with Crippen molar-refractivity contribution < 1.29 is 14.4 Å². The van der Waals surface area contributed by atoms with Gasteiger partial charge in [0.15, 0.2) is 0 Å². The fourth-order valence-corrected chi connectivity index (χ4v) is 4.78. The van der Waals surface area contributed by atoms with E-state index in [-0.39, 0.29) is 23.6 Å². The zero-order chi connectivity index (χ0) is 21.7. The summed E-state index contributed by atoms with van der Waals surface area (Å²) in [6.45, 7) is 7.18. The fourth-order valence-electron chi connectivity index (χ4n) is 3.25. The standard InChI is InChI=1S/C22H27N3O3S2/c1-14(2)19(24-20(26)18-5-4-10-30-18)21(27)23-17-7-6-16(13-15(17)3)22(28)25-8-11-29-12-9-25/h4-7,10,13-14,19H,8-9,11-12H2,1-3H3,(H,23,27)(H,24,26). The molecule has 1 fully saturated rings. The number of benzene rings is 1. The van der Waals surface area contributed by atoms with Gasteiger partial charge in [-0.05, 0) is 48.1 Å². The smallest absolute Gasteiger partial charge is 0.262 e. The number of hydrogen-bond acceptors (Lipinski definition) is 5. The van der Waals surface area contributed by atoms with Crippen molar-refractivity contribution in [2.75, 3.05) is 29.9 Å². The monoisotopic (exact) mass is 445 g/mol. The molecule has 0 radical (unpaired) electrons. The highest BCUT2D eigenvalue weighted by atomic mass is 32.2. The number of nitrogens with one attached hydrogen (secondary N) is 2. The molecule has 1 aromatic carbocycles. The number of thioether (sulfide) groups is 1. The summed E-state index contributed by atoms with van der Waals surface area (Å²) >= 11 is 3.20. The van der Waals surface area contributed by atoms with E-state index in [4.69, 9.17) is 0 Å². The fraction of sp³-hybridized carbons (Fsp3) is 0.409. The molecule has 160 valence electrons. The van der Waals surface area contributed by atoms with Crippen molar-refractivity contribution in [1.82, 2.24) is 10.2 Å².